The van der Waals surface area contributed by atoms with Crippen molar-refractivity contribution in [1.82, 2.24) is 25.1 Å². The van der Waals surface area contributed by atoms with Crippen molar-refractivity contribution in [3.63, 3.8) is 0 Å². The molecule has 2 N–H and O–H groups in total. The van der Waals surface area contributed by atoms with Gasteiger partial charge in [0, 0.05) is 28.1 Å². The lowest BCUT2D eigenvalue weighted by atomic mass is 10.0. The first kappa shape index (κ1) is 33.8. The van der Waals surface area contributed by atoms with E-state index in [0.717, 1.165) is 52.4 Å². The number of rotatable bonds is 10. The predicted molar refractivity (Wildman–Crippen MR) is 196 cm³/mol. The van der Waals surface area contributed by atoms with Crippen molar-refractivity contribution in [2.75, 3.05) is 36.5 Å². The molecule has 5 aromatic rings. The highest BCUT2D eigenvalue weighted by Crippen LogP contribution is 2.39. The van der Waals surface area contributed by atoms with Gasteiger partial charge in [0.15, 0.2) is 39.2 Å². The summed E-state index contributed by atoms with van der Waals surface area (Å²) in [4.78, 5) is 26.4. The largest absolute Gasteiger partial charge is 0.491 e. The van der Waals surface area contributed by atoms with Crippen LogP contribution in [0.5, 0.6) is 5.75 Å². The molecule has 0 radical (unpaired) electrons. The summed E-state index contributed by atoms with van der Waals surface area (Å²) >= 11 is 2.89. The summed E-state index contributed by atoms with van der Waals surface area (Å²) in [6, 6.07) is 12.7. The van der Waals surface area contributed by atoms with Gasteiger partial charge in [-0.25, -0.2) is 19.2 Å². The van der Waals surface area contributed by atoms with E-state index >= 15 is 0 Å². The first-order valence-electron chi connectivity index (χ1n) is 16.9. The van der Waals surface area contributed by atoms with Crippen molar-refractivity contribution >= 4 is 60.8 Å². The number of halogens is 1. The summed E-state index contributed by atoms with van der Waals surface area (Å²) in [7, 11) is 0. The fourth-order valence-electron chi connectivity index (χ4n) is 6.39. The van der Waals surface area contributed by atoms with Crippen molar-refractivity contribution in [2.24, 2.45) is 0 Å². The van der Waals surface area contributed by atoms with Crippen LogP contribution in [-0.2, 0) is 12.8 Å². The number of nitrogens with zero attached hydrogens (tertiary/aromatic N) is 6. The van der Waals surface area contributed by atoms with Gasteiger partial charge in [-0.3, -0.25) is 4.90 Å². The normalized spacial score (nSPS) is 14.8. The topological polar surface area (TPSA) is 117 Å². The van der Waals surface area contributed by atoms with Crippen LogP contribution < -0.4 is 15.0 Å². The third-order valence-corrected chi connectivity index (χ3v) is 11.3. The van der Waals surface area contributed by atoms with E-state index in [1.165, 1.54) is 30.2 Å². The van der Waals surface area contributed by atoms with Crippen molar-refractivity contribution < 1.29 is 19.0 Å². The molecule has 0 spiro atoms. The Labute approximate surface area is 298 Å². The Kier molecular flexibility index (Phi) is 9.68. The summed E-state index contributed by atoms with van der Waals surface area (Å²) < 4.78 is 21.8. The first-order valence-corrected chi connectivity index (χ1v) is 18.5. The van der Waals surface area contributed by atoms with E-state index < -0.39 is 11.8 Å². The van der Waals surface area contributed by atoms with Crippen LogP contribution >= 0.6 is 22.7 Å². The van der Waals surface area contributed by atoms with Gasteiger partial charge in [0.2, 0.25) is 0 Å². The second kappa shape index (κ2) is 14.3. The van der Waals surface area contributed by atoms with Crippen LogP contribution in [0.3, 0.4) is 0 Å². The fourth-order valence-corrected chi connectivity index (χ4v) is 8.38. The van der Waals surface area contributed by atoms with Gasteiger partial charge in [0.1, 0.15) is 0 Å². The molecule has 2 aromatic carbocycles. The summed E-state index contributed by atoms with van der Waals surface area (Å²) in [5, 5.41) is 23.7. The van der Waals surface area contributed by atoms with E-state index in [9.17, 15) is 14.3 Å². The average Bonchev–Trinajstić information content (AvgIpc) is 3.88. The number of thiazole rings is 2. The maximum Gasteiger partial charge on any atom is 0.355 e. The molecule has 13 heteroatoms. The standard InChI is InChI=1S/C37H38FN7O3S2/c1-23-25-10-8-20-45(33(25)43-42-32(23)41-35-39-27-11-4-5-12-29(27)49-35)36-40-31(34(46)47)30(50-36)13-9-21-48-28-15-14-24(22-26(28)38)16-17-37(2,3)44-18-6-7-19-44/h4-5,11-12,14-15,22H,6-10,13,18-21H2,1-3H3,(H,46,47)(H,39,41,42). The third kappa shape index (κ3) is 7.14. The molecule has 0 amide bonds. The van der Waals surface area contributed by atoms with Gasteiger partial charge in [-0.1, -0.05) is 35.3 Å². The molecule has 0 aliphatic carbocycles. The van der Waals surface area contributed by atoms with Crippen LogP contribution in [0.15, 0.2) is 42.5 Å². The van der Waals surface area contributed by atoms with Crippen LogP contribution in [0.4, 0.5) is 26.3 Å². The molecule has 5 heterocycles. The summed E-state index contributed by atoms with van der Waals surface area (Å²) in [5.74, 6) is 6.35. The molecular formula is C37H38FN7O3S2. The number of nitrogens with one attached hydrogen (secondary N) is 1. The lowest BCUT2D eigenvalue weighted by molar-refractivity contribution is 0.0690. The zero-order valence-corrected chi connectivity index (χ0v) is 29.9. The SMILES string of the molecule is Cc1c(Nc2nc3ccccc3s2)nnc2c1CCCN2c1nc(C(=O)O)c(CCCOc2ccc(C#CC(C)(C)N3CCCC3)cc2F)s1. The molecule has 0 atom stereocenters. The first-order chi connectivity index (χ1) is 24.2. The molecule has 258 valence electrons. The number of carbonyl (C=O) groups is 1. The number of anilines is 4. The van der Waals surface area contributed by atoms with E-state index in [0.29, 0.717) is 46.6 Å². The van der Waals surface area contributed by atoms with Crippen LogP contribution in [0.2, 0.25) is 0 Å². The summed E-state index contributed by atoms with van der Waals surface area (Å²) in [6.07, 6.45) is 4.96. The Balaban J connectivity index is 1.00. The van der Waals surface area contributed by atoms with Gasteiger partial charge in [0.05, 0.1) is 22.4 Å². The van der Waals surface area contributed by atoms with E-state index in [1.807, 2.05) is 36.1 Å². The van der Waals surface area contributed by atoms with Gasteiger partial charge in [0.25, 0.3) is 0 Å². The Hall–Kier alpha value is -4.64. The predicted octanol–water partition coefficient (Wildman–Crippen LogP) is 7.75. The number of benzene rings is 2. The lowest BCUT2D eigenvalue weighted by Crippen LogP contribution is -2.40. The minimum Gasteiger partial charge on any atom is -0.491 e. The number of hydrogen-bond acceptors (Lipinski definition) is 11. The van der Waals surface area contributed by atoms with E-state index in [-0.39, 0.29) is 23.6 Å². The van der Waals surface area contributed by atoms with E-state index in [4.69, 9.17) is 4.74 Å². The summed E-state index contributed by atoms with van der Waals surface area (Å²) in [5.41, 5.74) is 3.30. The molecule has 3 aromatic heterocycles. The van der Waals surface area contributed by atoms with Gasteiger partial charge in [-0.15, -0.1) is 21.5 Å². The number of carboxylic acids is 1. The molecule has 2 aliphatic heterocycles. The smallest absolute Gasteiger partial charge is 0.355 e. The highest BCUT2D eigenvalue weighted by atomic mass is 32.1. The van der Waals surface area contributed by atoms with Crippen molar-refractivity contribution in [3.8, 4) is 17.6 Å². The minimum atomic E-state index is -1.09. The highest BCUT2D eigenvalue weighted by Gasteiger charge is 2.29. The number of fused-ring (bicyclic) bond motifs is 2. The Morgan fingerprint density at radius 1 is 1.08 bits per heavy atom. The average molecular weight is 712 g/mol. The molecule has 1 saturated heterocycles. The monoisotopic (exact) mass is 711 g/mol. The van der Waals surface area contributed by atoms with Gasteiger partial charge in [-0.05, 0) is 103 Å². The number of aromatic nitrogens is 4. The molecule has 2 aliphatic rings. The number of para-hydroxylation sites is 1. The van der Waals surface area contributed by atoms with Crippen LogP contribution in [0.1, 0.15) is 71.6 Å². The minimum absolute atomic E-state index is 0.0156. The number of carboxylic acid groups (broad SMARTS) is 1. The highest BCUT2D eigenvalue weighted by molar-refractivity contribution is 7.22. The molecule has 50 heavy (non-hydrogen) atoms. The molecular weight excluding hydrogens is 674 g/mol. The third-order valence-electron chi connectivity index (χ3n) is 9.17. The van der Waals surface area contributed by atoms with Gasteiger partial charge < -0.3 is 20.1 Å². The molecule has 7 rings (SSSR count). The van der Waals surface area contributed by atoms with Crippen LogP contribution in [-0.4, -0.2) is 67.9 Å². The zero-order valence-electron chi connectivity index (χ0n) is 28.3. The lowest BCUT2D eigenvalue weighted by Gasteiger charge is -2.30. The van der Waals surface area contributed by atoms with Crippen molar-refractivity contribution in [1.29, 1.82) is 0 Å². The Morgan fingerprint density at radius 2 is 1.90 bits per heavy atom. The quantitative estimate of drug-likeness (QED) is 0.110. The van der Waals surface area contributed by atoms with Crippen molar-refractivity contribution in [2.45, 2.75) is 64.8 Å². The molecule has 10 nitrogen and oxygen atoms in total. The molecule has 0 saturated carbocycles. The zero-order chi connectivity index (χ0) is 34.8. The summed E-state index contributed by atoms with van der Waals surface area (Å²) in [6.45, 7) is 9.15. The maximum atomic E-state index is 14.9. The number of likely N-dealkylation sites (tertiary alicyclic amines) is 1. The van der Waals surface area contributed by atoms with Crippen LogP contribution in [0, 0.1) is 24.6 Å². The Morgan fingerprint density at radius 3 is 2.68 bits per heavy atom. The maximum absolute atomic E-state index is 14.9. The second-order valence-corrected chi connectivity index (χ2v) is 15.1. The van der Waals surface area contributed by atoms with E-state index in [2.05, 4.69) is 56.1 Å². The van der Waals surface area contributed by atoms with Gasteiger partial charge in [-0.2, -0.15) is 0 Å². The van der Waals surface area contributed by atoms with Crippen molar-refractivity contribution in [3.05, 3.63) is 75.5 Å². The molecule has 0 unspecified atom stereocenters. The molecule has 1 fully saturated rings. The fraction of sp³-hybridized carbons (Fsp3) is 0.378. The number of ether oxygens (including phenoxy) is 1. The number of aromatic carboxylic acids is 1. The number of aryl methyl sites for hydroxylation is 1. The second-order valence-electron chi connectivity index (χ2n) is 13.0. The van der Waals surface area contributed by atoms with Crippen LogP contribution in [0.25, 0.3) is 10.2 Å². The molecule has 0 bridgehead atoms. The Bertz CT molecular complexity index is 2080. The number of hydrogen-bond donors (Lipinski definition) is 2. The van der Waals surface area contributed by atoms with Gasteiger partial charge >= 0.3 is 5.97 Å². The van der Waals surface area contributed by atoms with E-state index in [1.54, 1.807) is 23.5 Å².